The molecule has 3 nitrogen and oxygen atoms in total. The van der Waals surface area contributed by atoms with Crippen molar-refractivity contribution in [2.24, 2.45) is 4.99 Å². The molecule has 0 fully saturated rings. The van der Waals surface area contributed by atoms with Crippen LogP contribution in [0.1, 0.15) is 11.1 Å². The van der Waals surface area contributed by atoms with Crippen molar-refractivity contribution < 1.29 is 9.18 Å². The van der Waals surface area contributed by atoms with E-state index in [1.54, 1.807) is 25.3 Å². The average molecular weight is 280 g/mol. The maximum absolute atomic E-state index is 12.9. The summed E-state index contributed by atoms with van der Waals surface area (Å²) in [6.45, 7) is 0. The lowest BCUT2D eigenvalue weighted by molar-refractivity contribution is -0.121. The predicted molar refractivity (Wildman–Crippen MR) is 80.1 cm³/mol. The smallest absolute Gasteiger partial charge is 0.277 e. The summed E-state index contributed by atoms with van der Waals surface area (Å²) in [6.07, 6.45) is 1.66. The molecular weight excluding hydrogens is 267 g/mol. The molecule has 0 bridgehead atoms. The van der Waals surface area contributed by atoms with Gasteiger partial charge in [0.05, 0.1) is 0 Å². The molecule has 0 N–H and O–H groups in total. The highest BCUT2D eigenvalue weighted by Gasteiger charge is 2.27. The summed E-state index contributed by atoms with van der Waals surface area (Å²) >= 11 is 0. The second-order valence-corrected chi connectivity index (χ2v) is 4.75. The van der Waals surface area contributed by atoms with Crippen molar-refractivity contribution in [2.45, 2.75) is 0 Å². The second kappa shape index (κ2) is 5.32. The monoisotopic (exact) mass is 280 g/mol. The Kier molecular flexibility index (Phi) is 3.36. The van der Waals surface area contributed by atoms with Crippen LogP contribution in [0.15, 0.2) is 65.3 Å². The van der Waals surface area contributed by atoms with Crippen molar-refractivity contribution in [3.63, 3.8) is 0 Å². The Morgan fingerprint density at radius 3 is 2.38 bits per heavy atom. The molecule has 0 aliphatic carbocycles. The number of aliphatic imine (C=N–C) groups is 1. The molecule has 2 aromatic carbocycles. The van der Waals surface area contributed by atoms with E-state index in [0.717, 1.165) is 11.1 Å². The number of amidine groups is 1. The summed E-state index contributed by atoms with van der Waals surface area (Å²) < 4.78 is 12.9. The SMILES string of the molecule is CN1C(=O)/C(=C/c2ccc(F)cc2)N=C1c1ccccc1. The van der Waals surface area contributed by atoms with Gasteiger partial charge in [-0.15, -0.1) is 0 Å². The minimum absolute atomic E-state index is 0.168. The fraction of sp³-hybridized carbons (Fsp3) is 0.0588. The lowest BCUT2D eigenvalue weighted by Gasteiger charge is -2.11. The van der Waals surface area contributed by atoms with E-state index in [0.29, 0.717) is 11.5 Å². The number of likely N-dealkylation sites (N-methyl/N-ethyl adjacent to an activating group) is 1. The quantitative estimate of drug-likeness (QED) is 0.778. The number of hydrogen-bond acceptors (Lipinski definition) is 2. The lowest BCUT2D eigenvalue weighted by atomic mass is 10.2. The molecule has 0 spiro atoms. The standard InChI is InChI=1S/C17H13FN2O/c1-20-16(13-5-3-2-4-6-13)19-15(17(20)21)11-12-7-9-14(18)10-8-12/h2-11H,1H3/b15-11-. The Bertz CT molecular complexity index is 733. The normalized spacial score (nSPS) is 16.5. The van der Waals surface area contributed by atoms with Crippen molar-refractivity contribution in [3.8, 4) is 0 Å². The third-order valence-electron chi connectivity index (χ3n) is 3.27. The lowest BCUT2D eigenvalue weighted by Crippen LogP contribution is -2.28. The summed E-state index contributed by atoms with van der Waals surface area (Å²) in [5.41, 5.74) is 1.98. The van der Waals surface area contributed by atoms with Crippen LogP contribution in [0.3, 0.4) is 0 Å². The summed E-state index contributed by atoms with van der Waals surface area (Å²) in [7, 11) is 1.69. The molecule has 1 amide bonds. The summed E-state index contributed by atoms with van der Waals surface area (Å²) in [6, 6.07) is 15.5. The van der Waals surface area contributed by atoms with Crippen LogP contribution in [0.5, 0.6) is 0 Å². The maximum atomic E-state index is 12.9. The Morgan fingerprint density at radius 1 is 1.05 bits per heavy atom. The molecule has 0 aromatic heterocycles. The predicted octanol–water partition coefficient (Wildman–Crippen LogP) is 3.09. The van der Waals surface area contributed by atoms with E-state index in [9.17, 15) is 9.18 Å². The zero-order chi connectivity index (χ0) is 14.8. The molecule has 21 heavy (non-hydrogen) atoms. The van der Waals surface area contributed by atoms with Gasteiger partial charge in [-0.2, -0.15) is 0 Å². The molecule has 0 radical (unpaired) electrons. The van der Waals surface area contributed by atoms with Crippen LogP contribution in [-0.4, -0.2) is 23.7 Å². The zero-order valence-corrected chi connectivity index (χ0v) is 11.5. The number of amides is 1. The van der Waals surface area contributed by atoms with Gasteiger partial charge < -0.3 is 0 Å². The molecule has 4 heteroatoms. The molecule has 0 atom stereocenters. The summed E-state index contributed by atoms with van der Waals surface area (Å²) in [5, 5.41) is 0. The van der Waals surface area contributed by atoms with Crippen LogP contribution in [0.4, 0.5) is 4.39 Å². The first-order chi connectivity index (χ1) is 10.1. The van der Waals surface area contributed by atoms with Gasteiger partial charge in [-0.25, -0.2) is 9.38 Å². The van der Waals surface area contributed by atoms with E-state index in [2.05, 4.69) is 4.99 Å². The van der Waals surface area contributed by atoms with Crippen LogP contribution in [0.2, 0.25) is 0 Å². The Labute approximate surface area is 122 Å². The molecule has 3 rings (SSSR count). The number of halogens is 1. The Morgan fingerprint density at radius 2 is 1.71 bits per heavy atom. The van der Waals surface area contributed by atoms with Crippen molar-refractivity contribution in [3.05, 3.63) is 77.2 Å². The van der Waals surface area contributed by atoms with Gasteiger partial charge in [0.15, 0.2) is 0 Å². The number of carbonyl (C=O) groups is 1. The van der Waals surface area contributed by atoms with Crippen molar-refractivity contribution >= 4 is 17.8 Å². The molecule has 1 heterocycles. The molecule has 0 saturated carbocycles. The van der Waals surface area contributed by atoms with Crippen molar-refractivity contribution in [1.82, 2.24) is 4.90 Å². The van der Waals surface area contributed by atoms with Crippen molar-refractivity contribution in [1.29, 1.82) is 0 Å². The largest absolute Gasteiger partial charge is 0.294 e. The number of carbonyl (C=O) groups excluding carboxylic acids is 1. The van der Waals surface area contributed by atoms with E-state index in [1.807, 2.05) is 30.3 Å². The number of rotatable bonds is 2. The molecule has 1 aliphatic rings. The van der Waals surface area contributed by atoms with Gasteiger partial charge in [0.25, 0.3) is 5.91 Å². The number of benzene rings is 2. The highest BCUT2D eigenvalue weighted by atomic mass is 19.1. The van der Waals surface area contributed by atoms with E-state index < -0.39 is 0 Å². The second-order valence-electron chi connectivity index (χ2n) is 4.75. The summed E-state index contributed by atoms with van der Waals surface area (Å²) in [4.78, 5) is 18.1. The van der Waals surface area contributed by atoms with Gasteiger partial charge >= 0.3 is 0 Å². The van der Waals surface area contributed by atoms with Crippen LogP contribution in [0, 0.1) is 5.82 Å². The molecular formula is C17H13FN2O. The van der Waals surface area contributed by atoms with Crippen LogP contribution in [-0.2, 0) is 4.79 Å². The minimum Gasteiger partial charge on any atom is -0.294 e. The van der Waals surface area contributed by atoms with Gasteiger partial charge in [0.1, 0.15) is 17.3 Å². The summed E-state index contributed by atoms with van der Waals surface area (Å²) in [5.74, 6) is 0.146. The minimum atomic E-state index is -0.305. The van der Waals surface area contributed by atoms with Gasteiger partial charge in [-0.1, -0.05) is 42.5 Å². The van der Waals surface area contributed by atoms with Crippen LogP contribution < -0.4 is 0 Å². The highest BCUT2D eigenvalue weighted by Crippen LogP contribution is 2.20. The fourth-order valence-corrected chi connectivity index (χ4v) is 2.16. The van der Waals surface area contributed by atoms with Gasteiger partial charge in [0.2, 0.25) is 0 Å². The number of hydrogen-bond donors (Lipinski definition) is 0. The first kappa shape index (κ1) is 13.2. The van der Waals surface area contributed by atoms with Crippen LogP contribution >= 0.6 is 0 Å². The van der Waals surface area contributed by atoms with Crippen molar-refractivity contribution in [2.75, 3.05) is 7.05 Å². The van der Waals surface area contributed by atoms with Gasteiger partial charge in [-0.3, -0.25) is 9.69 Å². The molecule has 1 aliphatic heterocycles. The van der Waals surface area contributed by atoms with Crippen LogP contribution in [0.25, 0.3) is 6.08 Å². The van der Waals surface area contributed by atoms with E-state index >= 15 is 0 Å². The molecule has 0 saturated heterocycles. The zero-order valence-electron chi connectivity index (χ0n) is 11.5. The third-order valence-corrected chi connectivity index (χ3v) is 3.27. The molecule has 0 unspecified atom stereocenters. The fourth-order valence-electron chi connectivity index (χ4n) is 2.16. The van der Waals surface area contributed by atoms with E-state index in [4.69, 9.17) is 0 Å². The third kappa shape index (κ3) is 2.60. The maximum Gasteiger partial charge on any atom is 0.277 e. The Hall–Kier alpha value is -2.75. The molecule has 104 valence electrons. The average Bonchev–Trinajstić information content (AvgIpc) is 2.79. The first-order valence-electron chi connectivity index (χ1n) is 6.54. The Balaban J connectivity index is 1.98. The van der Waals surface area contributed by atoms with Gasteiger partial charge in [-0.05, 0) is 23.8 Å². The van der Waals surface area contributed by atoms with E-state index in [1.165, 1.54) is 17.0 Å². The number of nitrogens with zero attached hydrogens (tertiary/aromatic N) is 2. The first-order valence-corrected chi connectivity index (χ1v) is 6.54. The molecule has 2 aromatic rings. The van der Waals surface area contributed by atoms with Gasteiger partial charge in [0, 0.05) is 12.6 Å². The highest BCUT2D eigenvalue weighted by molar-refractivity contribution is 6.19. The topological polar surface area (TPSA) is 32.7 Å². The van der Waals surface area contributed by atoms with E-state index in [-0.39, 0.29) is 11.7 Å².